The summed E-state index contributed by atoms with van der Waals surface area (Å²) in [4.78, 5) is 22.7. The summed E-state index contributed by atoms with van der Waals surface area (Å²) in [5.74, 6) is 1.71. The first-order valence-corrected chi connectivity index (χ1v) is 10.5. The molecule has 0 radical (unpaired) electrons. The van der Waals surface area contributed by atoms with Gasteiger partial charge in [0, 0.05) is 12.2 Å². The van der Waals surface area contributed by atoms with Crippen molar-refractivity contribution < 1.29 is 13.6 Å². The number of aryl methyl sites for hydroxylation is 1. The zero-order valence-electron chi connectivity index (χ0n) is 15.6. The Kier molecular flexibility index (Phi) is 4.73. The molecule has 4 heterocycles. The van der Waals surface area contributed by atoms with Crippen LogP contribution in [0, 0.1) is 0 Å². The number of furan rings is 2. The molecule has 0 unspecified atom stereocenters. The number of fused-ring (bicyclic) bond motifs is 1. The number of amides is 1. The fraction of sp³-hybridized carbons (Fsp3) is 0.182. The van der Waals surface area contributed by atoms with E-state index in [1.54, 1.807) is 12.5 Å². The zero-order valence-corrected chi connectivity index (χ0v) is 16.4. The van der Waals surface area contributed by atoms with Gasteiger partial charge in [-0.3, -0.25) is 4.79 Å². The molecule has 1 aliphatic rings. The van der Waals surface area contributed by atoms with Gasteiger partial charge < -0.3 is 18.7 Å². The highest BCUT2D eigenvalue weighted by atomic mass is 32.2. The molecule has 29 heavy (non-hydrogen) atoms. The van der Waals surface area contributed by atoms with E-state index in [1.807, 2.05) is 47.4 Å². The average Bonchev–Trinajstić information content (AvgIpc) is 3.52. The minimum absolute atomic E-state index is 0.0812. The molecule has 0 spiro atoms. The fourth-order valence-corrected chi connectivity index (χ4v) is 4.36. The number of imidazole rings is 1. The molecule has 5 rings (SSSR count). The van der Waals surface area contributed by atoms with Crippen LogP contribution >= 0.6 is 11.8 Å². The Balaban J connectivity index is 1.37. The lowest BCUT2D eigenvalue weighted by molar-refractivity contribution is -0.116. The Morgan fingerprint density at radius 3 is 2.66 bits per heavy atom. The van der Waals surface area contributed by atoms with E-state index in [2.05, 4.69) is 16.0 Å². The number of aromatic nitrogens is 2. The van der Waals surface area contributed by atoms with Crippen molar-refractivity contribution in [2.24, 2.45) is 0 Å². The average molecular weight is 405 g/mol. The molecule has 0 fully saturated rings. The maximum Gasteiger partial charge on any atom is 0.237 e. The van der Waals surface area contributed by atoms with Gasteiger partial charge in [-0.1, -0.05) is 30.0 Å². The van der Waals surface area contributed by atoms with Crippen molar-refractivity contribution in [3.63, 3.8) is 0 Å². The van der Waals surface area contributed by atoms with Gasteiger partial charge in [-0.15, -0.1) is 0 Å². The number of hydrogen-bond acceptors (Lipinski definition) is 5. The fourth-order valence-electron chi connectivity index (χ4n) is 3.61. The van der Waals surface area contributed by atoms with Crippen molar-refractivity contribution in [1.29, 1.82) is 0 Å². The summed E-state index contributed by atoms with van der Waals surface area (Å²) in [6, 6.07) is 15.5. The molecule has 146 valence electrons. The normalized spacial score (nSPS) is 13.4. The second-order valence-corrected chi connectivity index (χ2v) is 7.75. The molecular weight excluding hydrogens is 386 g/mol. The second kappa shape index (κ2) is 7.67. The molecule has 0 saturated carbocycles. The third-order valence-corrected chi connectivity index (χ3v) is 5.81. The SMILES string of the molecule is O=C(CSc1nc(-c2ccco2)c(-c2ccco2)[nH]1)N1CCCc2ccccc21. The van der Waals surface area contributed by atoms with Crippen LogP contribution in [-0.2, 0) is 11.2 Å². The molecule has 4 aromatic rings. The van der Waals surface area contributed by atoms with Crippen LogP contribution in [0.15, 0.2) is 75.0 Å². The Labute approximate surface area is 171 Å². The van der Waals surface area contributed by atoms with E-state index < -0.39 is 0 Å². The molecule has 7 heteroatoms. The van der Waals surface area contributed by atoms with E-state index in [0.717, 1.165) is 30.8 Å². The predicted molar refractivity (Wildman–Crippen MR) is 112 cm³/mol. The van der Waals surface area contributed by atoms with E-state index in [9.17, 15) is 4.79 Å². The quantitative estimate of drug-likeness (QED) is 0.473. The maximum atomic E-state index is 12.9. The molecule has 1 N–H and O–H groups in total. The number of anilines is 1. The number of H-pyrrole nitrogens is 1. The van der Waals surface area contributed by atoms with Gasteiger partial charge in [-0.25, -0.2) is 4.98 Å². The predicted octanol–water partition coefficient (Wildman–Crippen LogP) is 5.00. The molecule has 0 bridgehead atoms. The first kappa shape index (κ1) is 17.9. The molecular formula is C22H19N3O3S. The van der Waals surface area contributed by atoms with Crippen molar-refractivity contribution in [2.45, 2.75) is 18.0 Å². The van der Waals surface area contributed by atoms with E-state index >= 15 is 0 Å². The van der Waals surface area contributed by atoms with Crippen LogP contribution < -0.4 is 4.90 Å². The maximum absolute atomic E-state index is 12.9. The van der Waals surface area contributed by atoms with Crippen LogP contribution in [0.5, 0.6) is 0 Å². The highest BCUT2D eigenvalue weighted by Crippen LogP contribution is 2.34. The van der Waals surface area contributed by atoms with Crippen LogP contribution in [0.1, 0.15) is 12.0 Å². The Bertz CT molecular complexity index is 1060. The first-order chi connectivity index (χ1) is 14.3. The molecule has 6 nitrogen and oxygen atoms in total. The summed E-state index contributed by atoms with van der Waals surface area (Å²) < 4.78 is 11.1. The summed E-state index contributed by atoms with van der Waals surface area (Å²) >= 11 is 1.39. The molecule has 0 atom stereocenters. The number of carbonyl (C=O) groups is 1. The van der Waals surface area contributed by atoms with Gasteiger partial charge in [0.2, 0.25) is 5.91 Å². The molecule has 1 aromatic carbocycles. The number of aromatic amines is 1. The Hall–Kier alpha value is -3.19. The Morgan fingerprint density at radius 2 is 1.86 bits per heavy atom. The monoisotopic (exact) mass is 405 g/mol. The largest absolute Gasteiger partial charge is 0.463 e. The molecule has 1 aliphatic heterocycles. The van der Waals surface area contributed by atoms with Crippen molar-refractivity contribution in [2.75, 3.05) is 17.2 Å². The number of hydrogen-bond donors (Lipinski definition) is 1. The molecule has 1 amide bonds. The molecule has 0 saturated heterocycles. The number of para-hydroxylation sites is 1. The minimum atomic E-state index is 0.0812. The lowest BCUT2D eigenvalue weighted by Gasteiger charge is -2.29. The van der Waals surface area contributed by atoms with Gasteiger partial charge in [0.15, 0.2) is 16.7 Å². The molecule has 3 aromatic heterocycles. The van der Waals surface area contributed by atoms with Crippen LogP contribution in [-0.4, -0.2) is 28.2 Å². The standard InChI is InChI=1S/C22H19N3O3S/c26-19(25-11-3-7-15-6-1-2-8-16(15)25)14-29-22-23-20(17-9-4-12-27-17)21(24-22)18-10-5-13-28-18/h1-2,4-6,8-10,12-13H,3,7,11,14H2,(H,23,24). The summed E-state index contributed by atoms with van der Waals surface area (Å²) in [6.45, 7) is 0.754. The number of benzene rings is 1. The van der Waals surface area contributed by atoms with Gasteiger partial charge in [-0.2, -0.15) is 0 Å². The zero-order chi connectivity index (χ0) is 19.6. The highest BCUT2D eigenvalue weighted by Gasteiger charge is 2.23. The second-order valence-electron chi connectivity index (χ2n) is 6.79. The van der Waals surface area contributed by atoms with Crippen LogP contribution in [0.3, 0.4) is 0 Å². The van der Waals surface area contributed by atoms with Gasteiger partial charge in [0.1, 0.15) is 11.4 Å². The summed E-state index contributed by atoms with van der Waals surface area (Å²) in [6.07, 6.45) is 5.23. The topological polar surface area (TPSA) is 75.3 Å². The van der Waals surface area contributed by atoms with Gasteiger partial charge >= 0.3 is 0 Å². The van der Waals surface area contributed by atoms with Crippen molar-refractivity contribution in [3.8, 4) is 22.9 Å². The summed E-state index contributed by atoms with van der Waals surface area (Å²) in [7, 11) is 0. The number of carbonyl (C=O) groups excluding carboxylic acids is 1. The smallest absolute Gasteiger partial charge is 0.237 e. The minimum Gasteiger partial charge on any atom is -0.463 e. The third-order valence-electron chi connectivity index (χ3n) is 4.95. The van der Waals surface area contributed by atoms with Crippen LogP contribution in [0.25, 0.3) is 22.9 Å². The van der Waals surface area contributed by atoms with E-state index in [-0.39, 0.29) is 5.91 Å². The number of rotatable bonds is 5. The summed E-state index contributed by atoms with van der Waals surface area (Å²) in [5.41, 5.74) is 3.66. The lowest BCUT2D eigenvalue weighted by atomic mass is 10.0. The number of nitrogens with zero attached hydrogens (tertiary/aromatic N) is 2. The third kappa shape index (κ3) is 3.49. The number of nitrogens with one attached hydrogen (secondary N) is 1. The van der Waals surface area contributed by atoms with Crippen molar-refractivity contribution in [3.05, 3.63) is 66.6 Å². The van der Waals surface area contributed by atoms with E-state index in [4.69, 9.17) is 8.83 Å². The van der Waals surface area contributed by atoms with Gasteiger partial charge in [0.05, 0.1) is 18.3 Å². The van der Waals surface area contributed by atoms with Crippen molar-refractivity contribution >= 4 is 23.4 Å². The van der Waals surface area contributed by atoms with E-state index in [0.29, 0.717) is 28.1 Å². The Morgan fingerprint density at radius 1 is 1.07 bits per heavy atom. The number of thioether (sulfide) groups is 1. The van der Waals surface area contributed by atoms with E-state index in [1.165, 1.54) is 17.3 Å². The van der Waals surface area contributed by atoms with Crippen LogP contribution in [0.4, 0.5) is 5.69 Å². The highest BCUT2D eigenvalue weighted by molar-refractivity contribution is 7.99. The van der Waals surface area contributed by atoms with Gasteiger partial charge in [0.25, 0.3) is 0 Å². The van der Waals surface area contributed by atoms with Gasteiger partial charge in [-0.05, 0) is 48.7 Å². The van der Waals surface area contributed by atoms with Crippen LogP contribution in [0.2, 0.25) is 0 Å². The lowest BCUT2D eigenvalue weighted by Crippen LogP contribution is -2.36. The molecule has 0 aliphatic carbocycles. The van der Waals surface area contributed by atoms with Crippen molar-refractivity contribution in [1.82, 2.24) is 9.97 Å². The summed E-state index contributed by atoms with van der Waals surface area (Å²) in [5, 5.41) is 0.654. The first-order valence-electron chi connectivity index (χ1n) is 9.48.